The second-order valence-corrected chi connectivity index (χ2v) is 4.86. The maximum atomic E-state index is 11.5. The van der Waals surface area contributed by atoms with E-state index in [1.807, 2.05) is 13.8 Å². The molecule has 0 saturated carbocycles. The van der Waals surface area contributed by atoms with E-state index in [0.29, 0.717) is 11.3 Å². The molecule has 0 spiro atoms. The van der Waals surface area contributed by atoms with Crippen molar-refractivity contribution in [1.29, 1.82) is 0 Å². The summed E-state index contributed by atoms with van der Waals surface area (Å²) in [6, 6.07) is 1.58. The van der Waals surface area contributed by atoms with E-state index in [9.17, 15) is 9.90 Å². The zero-order valence-corrected chi connectivity index (χ0v) is 13.1. The Morgan fingerprint density at radius 3 is 2.10 bits per heavy atom. The first kappa shape index (κ1) is 17.3. The maximum absolute atomic E-state index is 11.5. The lowest BCUT2D eigenvalue weighted by Gasteiger charge is -2.20. The van der Waals surface area contributed by atoms with Gasteiger partial charge in [-0.25, -0.2) is 4.79 Å². The average molecular weight is 298 g/mol. The highest BCUT2D eigenvalue weighted by Gasteiger charge is 2.23. The van der Waals surface area contributed by atoms with Crippen LogP contribution in [0.3, 0.4) is 0 Å². The highest BCUT2D eigenvalue weighted by atomic mass is 16.7. The molecule has 1 aromatic carbocycles. The summed E-state index contributed by atoms with van der Waals surface area (Å²) in [6.45, 7) is 5.74. The Labute approximate surface area is 124 Å². The molecule has 0 radical (unpaired) electrons. The monoisotopic (exact) mass is 298 g/mol. The van der Waals surface area contributed by atoms with Crippen molar-refractivity contribution in [3.63, 3.8) is 0 Å². The van der Waals surface area contributed by atoms with Crippen LogP contribution in [-0.2, 0) is 9.47 Å². The number of rotatable bonds is 8. The number of benzene rings is 1. The van der Waals surface area contributed by atoms with Crippen LogP contribution in [-0.4, -0.2) is 38.9 Å². The van der Waals surface area contributed by atoms with Gasteiger partial charge in [-0.15, -0.1) is 0 Å². The van der Waals surface area contributed by atoms with E-state index in [1.54, 1.807) is 13.0 Å². The zero-order chi connectivity index (χ0) is 16.0. The minimum atomic E-state index is -1.05. The number of ether oxygens (including phenoxy) is 4. The number of hydrogen-bond donors (Lipinski definition) is 1. The predicted molar refractivity (Wildman–Crippen MR) is 77.2 cm³/mol. The fourth-order valence-electron chi connectivity index (χ4n) is 2.01. The first-order valence-corrected chi connectivity index (χ1v) is 6.58. The molecule has 0 saturated heterocycles. The Hall–Kier alpha value is -1.79. The van der Waals surface area contributed by atoms with Crippen LogP contribution in [0.15, 0.2) is 6.07 Å². The molecule has 0 bridgehead atoms. The second-order valence-electron chi connectivity index (χ2n) is 4.86. The Bertz CT molecular complexity index is 495. The Morgan fingerprint density at radius 2 is 1.67 bits per heavy atom. The number of carboxylic acid groups (broad SMARTS) is 1. The SMILES string of the molecule is COCOc1c(C(=O)O)cc(C(C)C)c(OCOC)c1C. The van der Waals surface area contributed by atoms with Gasteiger partial charge < -0.3 is 24.1 Å². The zero-order valence-electron chi connectivity index (χ0n) is 13.1. The molecule has 0 aliphatic rings. The van der Waals surface area contributed by atoms with E-state index in [0.717, 1.165) is 5.56 Å². The van der Waals surface area contributed by atoms with Gasteiger partial charge in [0.25, 0.3) is 0 Å². The lowest BCUT2D eigenvalue weighted by atomic mass is 9.95. The van der Waals surface area contributed by atoms with Crippen LogP contribution in [0.4, 0.5) is 0 Å². The summed E-state index contributed by atoms with van der Waals surface area (Å²) in [5, 5.41) is 9.38. The summed E-state index contributed by atoms with van der Waals surface area (Å²) in [5.41, 5.74) is 1.51. The van der Waals surface area contributed by atoms with Gasteiger partial charge in [0.1, 0.15) is 17.1 Å². The molecule has 0 heterocycles. The van der Waals surface area contributed by atoms with Gasteiger partial charge in [0, 0.05) is 19.8 Å². The van der Waals surface area contributed by atoms with Crippen molar-refractivity contribution in [3.8, 4) is 11.5 Å². The quantitative estimate of drug-likeness (QED) is 0.744. The highest BCUT2D eigenvalue weighted by Crippen LogP contribution is 2.38. The third-order valence-electron chi connectivity index (χ3n) is 2.98. The van der Waals surface area contributed by atoms with Crippen molar-refractivity contribution in [3.05, 3.63) is 22.8 Å². The predicted octanol–water partition coefficient (Wildman–Crippen LogP) is 2.78. The summed E-state index contributed by atoms with van der Waals surface area (Å²) in [7, 11) is 3.00. The first-order chi connectivity index (χ1) is 9.93. The smallest absolute Gasteiger partial charge is 0.339 e. The molecule has 0 amide bonds. The Morgan fingerprint density at radius 1 is 1.14 bits per heavy atom. The molecule has 0 aliphatic carbocycles. The minimum Gasteiger partial charge on any atom is -0.478 e. The van der Waals surface area contributed by atoms with Gasteiger partial charge >= 0.3 is 5.97 Å². The second kappa shape index (κ2) is 7.85. The van der Waals surface area contributed by atoms with Crippen molar-refractivity contribution in [2.24, 2.45) is 0 Å². The molecule has 0 aliphatic heterocycles. The van der Waals surface area contributed by atoms with E-state index in [4.69, 9.17) is 18.9 Å². The summed E-state index contributed by atoms with van der Waals surface area (Å²) < 4.78 is 20.8. The van der Waals surface area contributed by atoms with Crippen LogP contribution in [0.25, 0.3) is 0 Å². The molecule has 21 heavy (non-hydrogen) atoms. The molecule has 118 valence electrons. The van der Waals surface area contributed by atoms with Gasteiger partial charge in [-0.1, -0.05) is 13.8 Å². The minimum absolute atomic E-state index is 0.0359. The van der Waals surface area contributed by atoms with Crippen LogP contribution in [0.2, 0.25) is 0 Å². The third-order valence-corrected chi connectivity index (χ3v) is 2.98. The highest BCUT2D eigenvalue weighted by molar-refractivity contribution is 5.92. The summed E-state index contributed by atoms with van der Waals surface area (Å²) in [6.07, 6.45) is 0. The standard InChI is InChI=1S/C15H22O6/c1-9(2)11-6-12(15(16)17)14(21-8-19-5)10(3)13(11)20-7-18-4/h6,9H,7-8H2,1-5H3,(H,16,17). The van der Waals surface area contributed by atoms with Crippen molar-refractivity contribution in [1.82, 2.24) is 0 Å². The van der Waals surface area contributed by atoms with Crippen molar-refractivity contribution < 1.29 is 28.8 Å². The average Bonchev–Trinajstić information content (AvgIpc) is 2.43. The molecular weight excluding hydrogens is 276 g/mol. The van der Waals surface area contributed by atoms with Crippen molar-refractivity contribution in [2.75, 3.05) is 27.8 Å². The van der Waals surface area contributed by atoms with E-state index in [1.165, 1.54) is 14.2 Å². The molecule has 1 N–H and O–H groups in total. The van der Waals surface area contributed by atoms with Crippen LogP contribution in [0.1, 0.15) is 41.3 Å². The lowest BCUT2D eigenvalue weighted by Crippen LogP contribution is -2.12. The molecule has 1 rings (SSSR count). The van der Waals surface area contributed by atoms with Gasteiger partial charge in [-0.2, -0.15) is 0 Å². The Kier molecular flexibility index (Phi) is 6.45. The topological polar surface area (TPSA) is 74.2 Å². The third kappa shape index (κ3) is 4.09. The fourth-order valence-corrected chi connectivity index (χ4v) is 2.01. The Balaban J connectivity index is 3.43. The number of carboxylic acids is 1. The molecule has 6 heteroatoms. The number of carbonyl (C=O) groups is 1. The summed E-state index contributed by atoms with van der Waals surface area (Å²) >= 11 is 0. The van der Waals surface area contributed by atoms with Crippen molar-refractivity contribution >= 4 is 5.97 Å². The van der Waals surface area contributed by atoms with E-state index >= 15 is 0 Å². The molecule has 1 aromatic rings. The van der Waals surface area contributed by atoms with E-state index in [-0.39, 0.29) is 30.8 Å². The fraction of sp³-hybridized carbons (Fsp3) is 0.533. The summed E-state index contributed by atoms with van der Waals surface area (Å²) in [4.78, 5) is 11.5. The van der Waals surface area contributed by atoms with Crippen LogP contribution in [0, 0.1) is 6.92 Å². The molecule has 0 aromatic heterocycles. The van der Waals surface area contributed by atoms with E-state index in [2.05, 4.69) is 0 Å². The van der Waals surface area contributed by atoms with Gasteiger partial charge in [0.05, 0.1) is 0 Å². The van der Waals surface area contributed by atoms with Gasteiger partial charge in [0.2, 0.25) is 0 Å². The molecule has 0 fully saturated rings. The van der Waals surface area contributed by atoms with Gasteiger partial charge in [-0.3, -0.25) is 0 Å². The lowest BCUT2D eigenvalue weighted by molar-refractivity contribution is 0.0430. The molecule has 0 unspecified atom stereocenters. The maximum Gasteiger partial charge on any atom is 0.339 e. The van der Waals surface area contributed by atoms with Crippen LogP contribution >= 0.6 is 0 Å². The van der Waals surface area contributed by atoms with Gasteiger partial charge in [0.15, 0.2) is 13.6 Å². The summed E-state index contributed by atoms with van der Waals surface area (Å²) in [5.74, 6) is -0.114. The van der Waals surface area contributed by atoms with Crippen LogP contribution in [0.5, 0.6) is 11.5 Å². The van der Waals surface area contributed by atoms with E-state index < -0.39 is 5.97 Å². The van der Waals surface area contributed by atoms with Crippen molar-refractivity contribution in [2.45, 2.75) is 26.7 Å². The van der Waals surface area contributed by atoms with Crippen LogP contribution < -0.4 is 9.47 Å². The molecule has 6 nitrogen and oxygen atoms in total. The van der Waals surface area contributed by atoms with Gasteiger partial charge in [-0.05, 0) is 24.5 Å². The number of aromatic carboxylic acids is 1. The molecule has 0 atom stereocenters. The number of hydrogen-bond acceptors (Lipinski definition) is 5. The normalized spacial score (nSPS) is 10.8. The molecular formula is C15H22O6. The largest absolute Gasteiger partial charge is 0.478 e. The number of methoxy groups -OCH3 is 2. The first-order valence-electron chi connectivity index (χ1n) is 6.58.